The zero-order valence-electron chi connectivity index (χ0n) is 14.5. The molecule has 2 heterocycles. The molecule has 0 bridgehead atoms. The van der Waals surface area contributed by atoms with Gasteiger partial charge in [-0.25, -0.2) is 4.98 Å². The zero-order valence-corrected chi connectivity index (χ0v) is 15.3. The van der Waals surface area contributed by atoms with Crippen LogP contribution in [0.25, 0.3) is 0 Å². The van der Waals surface area contributed by atoms with Crippen LogP contribution in [0.1, 0.15) is 58.5 Å². The van der Waals surface area contributed by atoms with E-state index in [1.807, 2.05) is 11.3 Å². The molecule has 1 atom stereocenters. The Hall–Kier alpha value is -0.610. The number of nitrogens with one attached hydrogen (secondary N) is 1. The van der Waals surface area contributed by atoms with Crippen LogP contribution in [-0.4, -0.2) is 23.6 Å². The third-order valence-corrected chi connectivity index (χ3v) is 5.48. The fraction of sp³-hybridized carbons (Fsp3) is 0.824. The van der Waals surface area contributed by atoms with Crippen LogP contribution in [0.15, 0.2) is 0 Å². The number of aryl methyl sites for hydroxylation is 1. The Morgan fingerprint density at radius 3 is 2.62 bits per heavy atom. The highest BCUT2D eigenvalue weighted by molar-refractivity contribution is 7.15. The van der Waals surface area contributed by atoms with Crippen LogP contribution in [0.4, 0.5) is 5.13 Å². The second kappa shape index (κ2) is 6.66. The monoisotopic (exact) mass is 309 g/mol. The average molecular weight is 310 g/mol. The maximum Gasteiger partial charge on any atom is 0.185 e. The van der Waals surface area contributed by atoms with Gasteiger partial charge in [0, 0.05) is 30.1 Å². The van der Waals surface area contributed by atoms with E-state index in [9.17, 15) is 0 Å². The maximum atomic E-state index is 4.91. The second-order valence-electron chi connectivity index (χ2n) is 7.56. The highest BCUT2D eigenvalue weighted by atomic mass is 32.1. The number of hydrogen-bond donors (Lipinski definition) is 1. The van der Waals surface area contributed by atoms with E-state index in [1.54, 1.807) is 0 Å². The van der Waals surface area contributed by atoms with E-state index in [-0.39, 0.29) is 5.54 Å². The first-order valence-corrected chi connectivity index (χ1v) is 9.10. The van der Waals surface area contributed by atoms with E-state index in [0.717, 1.165) is 24.8 Å². The van der Waals surface area contributed by atoms with E-state index in [2.05, 4.69) is 51.8 Å². The lowest BCUT2D eigenvalue weighted by molar-refractivity contribution is 0.422. The molecule has 1 unspecified atom stereocenters. The molecule has 3 nitrogen and oxygen atoms in total. The van der Waals surface area contributed by atoms with Crippen molar-refractivity contribution in [1.29, 1.82) is 0 Å². The van der Waals surface area contributed by atoms with Gasteiger partial charge in [-0.2, -0.15) is 0 Å². The molecule has 1 fully saturated rings. The highest BCUT2D eigenvalue weighted by Gasteiger charge is 2.27. The van der Waals surface area contributed by atoms with E-state index in [0.29, 0.717) is 0 Å². The van der Waals surface area contributed by atoms with Gasteiger partial charge in [-0.1, -0.05) is 20.8 Å². The Morgan fingerprint density at radius 2 is 2.10 bits per heavy atom. The van der Waals surface area contributed by atoms with Gasteiger partial charge < -0.3 is 10.2 Å². The van der Waals surface area contributed by atoms with Crippen molar-refractivity contribution >= 4 is 16.5 Å². The lowest BCUT2D eigenvalue weighted by Crippen LogP contribution is -2.35. The largest absolute Gasteiger partial charge is 0.348 e. The van der Waals surface area contributed by atoms with Gasteiger partial charge in [0.05, 0.1) is 5.69 Å². The summed E-state index contributed by atoms with van der Waals surface area (Å²) in [7, 11) is 0. The van der Waals surface area contributed by atoms with E-state index in [1.165, 1.54) is 35.2 Å². The number of nitrogens with zero attached hydrogens (tertiary/aromatic N) is 2. The first kappa shape index (κ1) is 16.8. The predicted molar refractivity (Wildman–Crippen MR) is 93.2 cm³/mol. The van der Waals surface area contributed by atoms with Crippen LogP contribution in [0.5, 0.6) is 0 Å². The summed E-state index contributed by atoms with van der Waals surface area (Å²) in [5.41, 5.74) is 1.44. The quantitative estimate of drug-likeness (QED) is 0.888. The van der Waals surface area contributed by atoms with Gasteiger partial charge in [-0.3, -0.25) is 0 Å². The first-order chi connectivity index (χ1) is 9.80. The van der Waals surface area contributed by atoms with Crippen LogP contribution in [-0.2, 0) is 13.0 Å². The molecular formula is C17H31N3S. The van der Waals surface area contributed by atoms with Crippen molar-refractivity contribution in [3.63, 3.8) is 0 Å². The summed E-state index contributed by atoms with van der Waals surface area (Å²) in [6, 6.07) is 0. The maximum absolute atomic E-state index is 4.91. The Labute approximate surface area is 134 Å². The summed E-state index contributed by atoms with van der Waals surface area (Å²) in [6.07, 6.45) is 2.34. The first-order valence-electron chi connectivity index (χ1n) is 8.28. The normalized spacial score (nSPS) is 19.8. The van der Waals surface area contributed by atoms with Crippen LogP contribution >= 0.6 is 11.3 Å². The predicted octanol–water partition coefficient (Wildman–Crippen LogP) is 4.08. The highest BCUT2D eigenvalue weighted by Crippen LogP contribution is 2.33. The Balaban J connectivity index is 2.06. The van der Waals surface area contributed by atoms with Crippen molar-refractivity contribution in [3.05, 3.63) is 10.6 Å². The molecule has 0 spiro atoms. The minimum atomic E-state index is 0.158. The third kappa shape index (κ3) is 4.43. The molecule has 21 heavy (non-hydrogen) atoms. The molecule has 4 heteroatoms. The van der Waals surface area contributed by atoms with Gasteiger partial charge in [-0.05, 0) is 45.4 Å². The second-order valence-corrected chi connectivity index (χ2v) is 8.62. The average Bonchev–Trinajstić information content (AvgIpc) is 3.01. The molecule has 2 rings (SSSR count). The molecule has 1 aromatic heterocycles. The molecule has 0 aliphatic carbocycles. The SMILES string of the molecule is CCc1nc(N2CCC(C(C)C)C2)sc1CNC(C)(C)C. The molecule has 1 N–H and O–H groups in total. The smallest absolute Gasteiger partial charge is 0.185 e. The van der Waals surface area contributed by atoms with Gasteiger partial charge in [0.1, 0.15) is 0 Å². The number of thiazole rings is 1. The Morgan fingerprint density at radius 1 is 1.38 bits per heavy atom. The van der Waals surface area contributed by atoms with Crippen LogP contribution < -0.4 is 10.2 Å². The summed E-state index contributed by atoms with van der Waals surface area (Å²) in [4.78, 5) is 8.82. The van der Waals surface area contributed by atoms with Crippen molar-refractivity contribution in [2.75, 3.05) is 18.0 Å². The molecule has 1 aliphatic heterocycles. The lowest BCUT2D eigenvalue weighted by atomic mass is 9.95. The Bertz CT molecular complexity index is 459. The van der Waals surface area contributed by atoms with Crippen molar-refractivity contribution in [2.45, 2.75) is 66.5 Å². The van der Waals surface area contributed by atoms with E-state index < -0.39 is 0 Å². The van der Waals surface area contributed by atoms with Gasteiger partial charge >= 0.3 is 0 Å². The number of hydrogen-bond acceptors (Lipinski definition) is 4. The van der Waals surface area contributed by atoms with Crippen molar-refractivity contribution in [2.24, 2.45) is 11.8 Å². The fourth-order valence-corrected chi connectivity index (χ4v) is 3.89. The fourth-order valence-electron chi connectivity index (χ4n) is 2.77. The minimum Gasteiger partial charge on any atom is -0.348 e. The molecule has 120 valence electrons. The lowest BCUT2D eigenvalue weighted by Gasteiger charge is -2.20. The third-order valence-electron chi connectivity index (χ3n) is 4.32. The molecule has 0 radical (unpaired) electrons. The molecule has 1 saturated heterocycles. The van der Waals surface area contributed by atoms with E-state index in [4.69, 9.17) is 4.98 Å². The summed E-state index contributed by atoms with van der Waals surface area (Å²) in [6.45, 7) is 16.8. The molecule has 0 amide bonds. The molecule has 1 aliphatic rings. The van der Waals surface area contributed by atoms with Gasteiger partial charge in [0.25, 0.3) is 0 Å². The topological polar surface area (TPSA) is 28.2 Å². The van der Waals surface area contributed by atoms with Crippen LogP contribution in [0.2, 0.25) is 0 Å². The zero-order chi connectivity index (χ0) is 15.6. The van der Waals surface area contributed by atoms with Gasteiger partial charge in [0.2, 0.25) is 0 Å². The van der Waals surface area contributed by atoms with Crippen molar-refractivity contribution in [1.82, 2.24) is 10.3 Å². The van der Waals surface area contributed by atoms with Gasteiger partial charge in [-0.15, -0.1) is 11.3 Å². The van der Waals surface area contributed by atoms with Crippen LogP contribution in [0.3, 0.4) is 0 Å². The molecule has 0 saturated carbocycles. The minimum absolute atomic E-state index is 0.158. The van der Waals surface area contributed by atoms with Crippen LogP contribution in [0, 0.1) is 11.8 Å². The molecule has 1 aromatic rings. The summed E-state index contributed by atoms with van der Waals surface area (Å²) in [5, 5.41) is 4.83. The number of aromatic nitrogens is 1. The number of anilines is 1. The number of rotatable bonds is 5. The summed E-state index contributed by atoms with van der Waals surface area (Å²) in [5.74, 6) is 1.61. The molecular weight excluding hydrogens is 278 g/mol. The summed E-state index contributed by atoms with van der Waals surface area (Å²) < 4.78 is 0. The summed E-state index contributed by atoms with van der Waals surface area (Å²) >= 11 is 1.89. The van der Waals surface area contributed by atoms with E-state index >= 15 is 0 Å². The van der Waals surface area contributed by atoms with Crippen molar-refractivity contribution in [3.8, 4) is 0 Å². The molecule has 0 aromatic carbocycles. The van der Waals surface area contributed by atoms with Crippen molar-refractivity contribution < 1.29 is 0 Å². The Kier molecular flexibility index (Phi) is 5.31. The van der Waals surface area contributed by atoms with Gasteiger partial charge in [0.15, 0.2) is 5.13 Å². The standard InChI is InChI=1S/C17H31N3S/c1-7-14-15(10-18-17(4,5)6)21-16(19-14)20-9-8-13(11-20)12(2)3/h12-13,18H,7-11H2,1-6H3.